The van der Waals surface area contributed by atoms with Crippen LogP contribution in [0.2, 0.25) is 0 Å². The summed E-state index contributed by atoms with van der Waals surface area (Å²) in [6, 6.07) is -0.590. The molecule has 1 aliphatic carbocycles. The molecule has 0 saturated carbocycles. The van der Waals surface area contributed by atoms with E-state index in [0.717, 1.165) is 36.1 Å². The van der Waals surface area contributed by atoms with Crippen LogP contribution >= 0.6 is 11.3 Å². The van der Waals surface area contributed by atoms with Gasteiger partial charge in [0.1, 0.15) is 10.9 Å². The number of aryl methyl sites for hydroxylation is 2. The highest BCUT2D eigenvalue weighted by molar-refractivity contribution is 7.18. The van der Waals surface area contributed by atoms with Gasteiger partial charge in [-0.2, -0.15) is 0 Å². The highest BCUT2D eigenvalue weighted by Crippen LogP contribution is 2.34. The van der Waals surface area contributed by atoms with Gasteiger partial charge in [0.2, 0.25) is 0 Å². The van der Waals surface area contributed by atoms with E-state index in [9.17, 15) is 9.59 Å². The number of thiophene rings is 1. The molecule has 1 atom stereocenters. The average molecular weight is 320 g/mol. The first-order valence-electron chi connectivity index (χ1n) is 7.85. The van der Waals surface area contributed by atoms with Crippen LogP contribution in [0, 0.1) is 0 Å². The number of aromatic nitrogens is 2. The number of fused-ring (bicyclic) bond motifs is 3. The van der Waals surface area contributed by atoms with Gasteiger partial charge in [-0.25, -0.2) is 9.78 Å². The molecule has 0 aromatic carbocycles. The maximum absolute atomic E-state index is 12.8. The van der Waals surface area contributed by atoms with Crippen molar-refractivity contribution in [3.05, 3.63) is 27.1 Å². The molecule has 0 unspecified atom stereocenters. The van der Waals surface area contributed by atoms with Crippen molar-refractivity contribution in [2.24, 2.45) is 0 Å². The van der Waals surface area contributed by atoms with E-state index in [1.807, 2.05) is 13.8 Å². The van der Waals surface area contributed by atoms with Gasteiger partial charge in [-0.3, -0.25) is 9.36 Å². The fourth-order valence-corrected chi connectivity index (χ4v) is 4.21. The topological polar surface area (TPSA) is 61.2 Å². The maximum atomic E-state index is 12.8. The smallest absolute Gasteiger partial charge is 0.329 e. The van der Waals surface area contributed by atoms with E-state index in [1.165, 1.54) is 15.8 Å². The molecular formula is C16H20N2O3S. The number of hydrogen-bond acceptors (Lipinski definition) is 5. The monoisotopic (exact) mass is 320 g/mol. The first-order chi connectivity index (χ1) is 10.7. The minimum absolute atomic E-state index is 0.107. The van der Waals surface area contributed by atoms with Crippen LogP contribution in [-0.4, -0.2) is 22.1 Å². The third-order valence-electron chi connectivity index (χ3n) is 4.09. The van der Waals surface area contributed by atoms with Crippen LogP contribution in [0.15, 0.2) is 11.1 Å². The van der Waals surface area contributed by atoms with Gasteiger partial charge >= 0.3 is 5.97 Å². The molecule has 2 heterocycles. The molecule has 0 N–H and O–H groups in total. The van der Waals surface area contributed by atoms with E-state index < -0.39 is 6.04 Å². The Bertz CT molecular complexity index is 763. The zero-order chi connectivity index (χ0) is 15.7. The predicted molar refractivity (Wildman–Crippen MR) is 86.5 cm³/mol. The Hall–Kier alpha value is -1.69. The average Bonchev–Trinajstić information content (AvgIpc) is 3.08. The highest BCUT2D eigenvalue weighted by Gasteiger charge is 2.26. The molecule has 3 rings (SSSR count). The number of carbonyl (C=O) groups is 1. The summed E-state index contributed by atoms with van der Waals surface area (Å²) in [5.74, 6) is -0.348. The lowest BCUT2D eigenvalue weighted by molar-refractivity contribution is -0.147. The normalized spacial score (nSPS) is 15.0. The molecule has 1 aliphatic rings. The summed E-state index contributed by atoms with van der Waals surface area (Å²) in [5, 5.41) is 0.710. The second kappa shape index (κ2) is 6.20. The molecule has 0 saturated heterocycles. The zero-order valence-electron chi connectivity index (χ0n) is 12.9. The van der Waals surface area contributed by atoms with Crippen LogP contribution in [0.3, 0.4) is 0 Å². The van der Waals surface area contributed by atoms with Gasteiger partial charge in [0.25, 0.3) is 5.56 Å². The Morgan fingerprint density at radius 3 is 3.00 bits per heavy atom. The van der Waals surface area contributed by atoms with Gasteiger partial charge in [-0.15, -0.1) is 11.3 Å². The number of ether oxygens (including phenoxy) is 1. The minimum atomic E-state index is -0.590. The van der Waals surface area contributed by atoms with Gasteiger partial charge in [0, 0.05) is 4.88 Å². The van der Waals surface area contributed by atoms with Crippen LogP contribution in [0.25, 0.3) is 10.2 Å². The zero-order valence-corrected chi connectivity index (χ0v) is 13.7. The first-order valence-corrected chi connectivity index (χ1v) is 8.67. The van der Waals surface area contributed by atoms with Gasteiger partial charge < -0.3 is 4.74 Å². The van der Waals surface area contributed by atoms with Crippen molar-refractivity contribution in [1.82, 2.24) is 9.55 Å². The van der Waals surface area contributed by atoms with E-state index in [2.05, 4.69) is 4.98 Å². The van der Waals surface area contributed by atoms with E-state index in [1.54, 1.807) is 11.3 Å². The van der Waals surface area contributed by atoms with E-state index in [0.29, 0.717) is 18.4 Å². The van der Waals surface area contributed by atoms with Crippen molar-refractivity contribution < 1.29 is 9.53 Å². The molecule has 0 fully saturated rings. The number of nitrogens with zero attached hydrogens (tertiary/aromatic N) is 2. The Kier molecular flexibility index (Phi) is 4.29. The van der Waals surface area contributed by atoms with Crippen molar-refractivity contribution in [3.63, 3.8) is 0 Å². The van der Waals surface area contributed by atoms with Crippen molar-refractivity contribution in [2.75, 3.05) is 6.61 Å². The quantitative estimate of drug-likeness (QED) is 0.795. The summed E-state index contributed by atoms with van der Waals surface area (Å²) in [5.41, 5.74) is 1.04. The van der Waals surface area contributed by atoms with Crippen LogP contribution in [0.5, 0.6) is 0 Å². The Morgan fingerprint density at radius 1 is 1.45 bits per heavy atom. The fourth-order valence-electron chi connectivity index (χ4n) is 3.00. The summed E-state index contributed by atoms with van der Waals surface area (Å²) in [4.78, 5) is 31.5. The van der Waals surface area contributed by atoms with E-state index in [4.69, 9.17) is 4.74 Å². The van der Waals surface area contributed by atoms with Crippen LogP contribution in [0.1, 0.15) is 49.6 Å². The van der Waals surface area contributed by atoms with Gasteiger partial charge in [-0.05, 0) is 37.7 Å². The molecular weight excluding hydrogens is 300 g/mol. The molecule has 2 aromatic heterocycles. The van der Waals surface area contributed by atoms with Gasteiger partial charge in [-0.1, -0.05) is 13.8 Å². The molecule has 0 bridgehead atoms. The lowest BCUT2D eigenvalue weighted by Gasteiger charge is -2.16. The second-order valence-electron chi connectivity index (χ2n) is 5.59. The number of esters is 1. The predicted octanol–water partition coefficient (Wildman–Crippen LogP) is 2.85. The summed E-state index contributed by atoms with van der Waals surface area (Å²) >= 11 is 1.61. The van der Waals surface area contributed by atoms with Crippen LogP contribution < -0.4 is 5.56 Å². The molecule has 118 valence electrons. The third-order valence-corrected chi connectivity index (χ3v) is 5.29. The molecule has 5 nitrogen and oxygen atoms in total. The highest BCUT2D eigenvalue weighted by atomic mass is 32.1. The summed E-state index contributed by atoms with van der Waals surface area (Å²) in [6.07, 6.45) is 5.85. The van der Waals surface area contributed by atoms with Crippen molar-refractivity contribution >= 4 is 27.5 Å². The van der Waals surface area contributed by atoms with Crippen LogP contribution in [0.4, 0.5) is 0 Å². The number of carbonyl (C=O) groups excluding carboxylic acids is 1. The number of hydrogen-bond donors (Lipinski definition) is 0. The number of rotatable bonds is 5. The molecule has 0 radical (unpaired) electrons. The summed E-state index contributed by atoms with van der Waals surface area (Å²) in [7, 11) is 0. The Morgan fingerprint density at radius 2 is 2.27 bits per heavy atom. The van der Waals surface area contributed by atoms with Gasteiger partial charge in [0.15, 0.2) is 0 Å². The Labute approximate surface area is 132 Å². The lowest BCUT2D eigenvalue weighted by atomic mass is 10.2. The van der Waals surface area contributed by atoms with E-state index >= 15 is 0 Å². The summed E-state index contributed by atoms with van der Waals surface area (Å²) in [6.45, 7) is 4.21. The van der Waals surface area contributed by atoms with Gasteiger partial charge in [0.05, 0.1) is 18.3 Å². The summed E-state index contributed by atoms with van der Waals surface area (Å²) < 4.78 is 6.67. The first kappa shape index (κ1) is 15.2. The minimum Gasteiger partial charge on any atom is -0.464 e. The van der Waals surface area contributed by atoms with Crippen LogP contribution in [-0.2, 0) is 22.4 Å². The molecule has 6 heteroatoms. The standard InChI is InChI=1S/C16H20N2O3S/c1-3-8-21-16(20)11(4-2)18-9-17-14-13(15(18)19)10-6-5-7-12(10)22-14/h9,11H,3-8H2,1-2H3/t11-/m0/s1. The van der Waals surface area contributed by atoms with E-state index in [-0.39, 0.29) is 11.5 Å². The molecule has 0 aliphatic heterocycles. The SMILES string of the molecule is CCCOC(=O)[C@H](CC)n1cnc2sc3c(c2c1=O)CCC3. The second-order valence-corrected chi connectivity index (χ2v) is 6.67. The lowest BCUT2D eigenvalue weighted by Crippen LogP contribution is -2.31. The van der Waals surface area contributed by atoms with Crippen molar-refractivity contribution in [1.29, 1.82) is 0 Å². The largest absolute Gasteiger partial charge is 0.464 e. The molecule has 0 spiro atoms. The molecule has 22 heavy (non-hydrogen) atoms. The Balaban J connectivity index is 2.05. The van der Waals surface area contributed by atoms with Crippen molar-refractivity contribution in [2.45, 2.75) is 52.0 Å². The molecule has 0 amide bonds. The maximum Gasteiger partial charge on any atom is 0.329 e. The van der Waals surface area contributed by atoms with Crippen molar-refractivity contribution in [3.8, 4) is 0 Å². The third kappa shape index (κ3) is 2.45. The fraction of sp³-hybridized carbons (Fsp3) is 0.562. The molecule has 2 aromatic rings.